The Bertz CT molecular complexity index is 606. The van der Waals surface area contributed by atoms with Crippen molar-refractivity contribution >= 4 is 10.1 Å². The standard InChI is InChI=1S/C10H10N2O4S/c13-10(17(14,15)16)8-6-11-12(7-8)9-4-2-1-3-5-9/h1-7,10,13H,(H,14,15,16). The molecule has 0 radical (unpaired) electrons. The molecule has 1 aromatic heterocycles. The normalized spacial score (nSPS) is 13.5. The van der Waals surface area contributed by atoms with Crippen LogP contribution in [0.3, 0.4) is 0 Å². The van der Waals surface area contributed by atoms with Crippen molar-refractivity contribution in [3.05, 3.63) is 48.3 Å². The number of para-hydroxylation sites is 1. The predicted molar refractivity (Wildman–Crippen MR) is 60.1 cm³/mol. The fraction of sp³-hybridized carbons (Fsp3) is 0.100. The summed E-state index contributed by atoms with van der Waals surface area (Å²) in [6, 6.07) is 8.99. The number of rotatable bonds is 3. The van der Waals surface area contributed by atoms with Gasteiger partial charge < -0.3 is 5.11 Å². The average Bonchev–Trinajstić information content (AvgIpc) is 2.77. The average molecular weight is 254 g/mol. The van der Waals surface area contributed by atoms with Crippen molar-refractivity contribution in [2.24, 2.45) is 0 Å². The van der Waals surface area contributed by atoms with Gasteiger partial charge in [0.05, 0.1) is 11.9 Å². The van der Waals surface area contributed by atoms with Gasteiger partial charge in [0, 0.05) is 11.8 Å². The van der Waals surface area contributed by atoms with Crippen molar-refractivity contribution < 1.29 is 18.1 Å². The topological polar surface area (TPSA) is 92.4 Å². The van der Waals surface area contributed by atoms with Crippen LogP contribution in [0.2, 0.25) is 0 Å². The summed E-state index contributed by atoms with van der Waals surface area (Å²) in [7, 11) is -4.52. The largest absolute Gasteiger partial charge is 0.371 e. The fourth-order valence-corrected chi connectivity index (χ4v) is 1.82. The molecule has 0 bridgehead atoms. The Hall–Kier alpha value is -1.70. The van der Waals surface area contributed by atoms with Gasteiger partial charge in [0.25, 0.3) is 10.1 Å². The molecule has 17 heavy (non-hydrogen) atoms. The third kappa shape index (κ3) is 2.52. The Morgan fingerprint density at radius 2 is 1.88 bits per heavy atom. The third-order valence-electron chi connectivity index (χ3n) is 2.19. The van der Waals surface area contributed by atoms with E-state index in [1.807, 2.05) is 6.07 Å². The lowest BCUT2D eigenvalue weighted by atomic mass is 10.3. The van der Waals surface area contributed by atoms with Crippen LogP contribution in [-0.2, 0) is 10.1 Å². The van der Waals surface area contributed by atoms with Gasteiger partial charge in [-0.2, -0.15) is 13.5 Å². The molecule has 1 atom stereocenters. The van der Waals surface area contributed by atoms with Gasteiger partial charge >= 0.3 is 0 Å². The van der Waals surface area contributed by atoms with Gasteiger partial charge in [-0.15, -0.1) is 0 Å². The summed E-state index contributed by atoms with van der Waals surface area (Å²) in [4.78, 5) is 0. The lowest BCUT2D eigenvalue weighted by Gasteiger charge is -2.03. The molecule has 0 saturated carbocycles. The summed E-state index contributed by atoms with van der Waals surface area (Å²) >= 11 is 0. The molecule has 0 aliphatic heterocycles. The highest BCUT2D eigenvalue weighted by Crippen LogP contribution is 2.18. The van der Waals surface area contributed by atoms with Crippen LogP contribution in [0.1, 0.15) is 11.0 Å². The highest BCUT2D eigenvalue weighted by molar-refractivity contribution is 7.85. The number of benzene rings is 1. The minimum absolute atomic E-state index is 0.0105. The number of aliphatic hydroxyl groups excluding tert-OH is 1. The predicted octanol–water partition coefficient (Wildman–Crippen LogP) is 0.751. The number of hydrogen-bond donors (Lipinski definition) is 2. The van der Waals surface area contributed by atoms with Crippen LogP contribution in [0.4, 0.5) is 0 Å². The summed E-state index contributed by atoms with van der Waals surface area (Å²) in [5, 5.41) is 13.2. The second kappa shape index (κ2) is 4.28. The van der Waals surface area contributed by atoms with E-state index in [0.717, 1.165) is 5.69 Å². The van der Waals surface area contributed by atoms with Crippen LogP contribution in [-0.4, -0.2) is 27.9 Å². The van der Waals surface area contributed by atoms with E-state index in [4.69, 9.17) is 4.55 Å². The van der Waals surface area contributed by atoms with E-state index in [2.05, 4.69) is 5.10 Å². The molecule has 2 N–H and O–H groups in total. The maximum absolute atomic E-state index is 10.7. The zero-order valence-electron chi connectivity index (χ0n) is 8.63. The molecule has 90 valence electrons. The van der Waals surface area contributed by atoms with Gasteiger partial charge in [-0.3, -0.25) is 4.55 Å². The van der Waals surface area contributed by atoms with E-state index in [-0.39, 0.29) is 5.56 Å². The monoisotopic (exact) mass is 254 g/mol. The molecule has 7 heteroatoms. The highest BCUT2D eigenvalue weighted by atomic mass is 32.2. The van der Waals surface area contributed by atoms with Gasteiger partial charge in [-0.05, 0) is 12.1 Å². The minimum Gasteiger partial charge on any atom is -0.371 e. The molecular weight excluding hydrogens is 244 g/mol. The Balaban J connectivity index is 2.35. The van der Waals surface area contributed by atoms with Crippen molar-refractivity contribution in [2.75, 3.05) is 0 Å². The first-order chi connectivity index (χ1) is 7.98. The molecule has 0 saturated heterocycles. The fourth-order valence-electron chi connectivity index (χ4n) is 1.36. The van der Waals surface area contributed by atoms with Gasteiger partial charge in [0.1, 0.15) is 0 Å². The first-order valence-corrected chi connectivity index (χ1v) is 6.23. The van der Waals surface area contributed by atoms with Crippen molar-refractivity contribution in [3.63, 3.8) is 0 Å². The molecule has 1 unspecified atom stereocenters. The Morgan fingerprint density at radius 3 is 2.47 bits per heavy atom. The molecule has 6 nitrogen and oxygen atoms in total. The summed E-state index contributed by atoms with van der Waals surface area (Å²) in [5.41, 5.74) is -1.24. The van der Waals surface area contributed by atoms with Crippen LogP contribution >= 0.6 is 0 Å². The van der Waals surface area contributed by atoms with Gasteiger partial charge in [0.15, 0.2) is 0 Å². The van der Waals surface area contributed by atoms with Gasteiger partial charge in [-0.1, -0.05) is 18.2 Å². The SMILES string of the molecule is O=S(=O)(O)C(O)c1cnn(-c2ccccc2)c1. The first kappa shape index (κ1) is 11.8. The molecule has 0 fully saturated rings. The number of nitrogens with zero attached hydrogens (tertiary/aromatic N) is 2. The van der Waals surface area contributed by atoms with Crippen LogP contribution < -0.4 is 0 Å². The summed E-state index contributed by atoms with van der Waals surface area (Å²) in [6.07, 6.45) is 2.53. The summed E-state index contributed by atoms with van der Waals surface area (Å²) in [6.45, 7) is 0. The summed E-state index contributed by atoms with van der Waals surface area (Å²) in [5.74, 6) is 0. The molecule has 2 rings (SSSR count). The van der Waals surface area contributed by atoms with E-state index in [1.54, 1.807) is 24.3 Å². The van der Waals surface area contributed by atoms with Crippen molar-refractivity contribution in [3.8, 4) is 5.69 Å². The molecule has 0 amide bonds. The maximum atomic E-state index is 10.7. The molecule has 0 aliphatic carbocycles. The number of aromatic nitrogens is 2. The second-order valence-electron chi connectivity index (χ2n) is 3.42. The van der Waals surface area contributed by atoms with Crippen LogP contribution in [0, 0.1) is 0 Å². The highest BCUT2D eigenvalue weighted by Gasteiger charge is 2.23. The Kier molecular flexibility index (Phi) is 2.97. The Labute approximate surface area is 97.9 Å². The van der Waals surface area contributed by atoms with Crippen LogP contribution in [0.25, 0.3) is 5.69 Å². The molecule has 1 aromatic carbocycles. The van der Waals surface area contributed by atoms with E-state index < -0.39 is 15.6 Å². The minimum atomic E-state index is -4.52. The molecule has 1 heterocycles. The molecule has 2 aromatic rings. The first-order valence-electron chi connectivity index (χ1n) is 4.73. The van der Waals surface area contributed by atoms with Gasteiger partial charge in [0.2, 0.25) is 5.44 Å². The van der Waals surface area contributed by atoms with Crippen molar-refractivity contribution in [1.29, 1.82) is 0 Å². The quantitative estimate of drug-likeness (QED) is 0.788. The zero-order chi connectivity index (χ0) is 12.5. The molecular formula is C10H10N2O4S. The van der Waals surface area contributed by atoms with Crippen molar-refractivity contribution in [1.82, 2.24) is 9.78 Å². The van der Waals surface area contributed by atoms with Crippen LogP contribution in [0.5, 0.6) is 0 Å². The maximum Gasteiger partial charge on any atom is 0.296 e. The van der Waals surface area contributed by atoms with E-state index in [1.165, 1.54) is 17.1 Å². The molecule has 0 aliphatic rings. The lowest BCUT2D eigenvalue weighted by Crippen LogP contribution is -2.10. The van der Waals surface area contributed by atoms with E-state index in [0.29, 0.717) is 0 Å². The Morgan fingerprint density at radius 1 is 1.24 bits per heavy atom. The molecule has 0 spiro atoms. The van der Waals surface area contributed by atoms with Crippen LogP contribution in [0.15, 0.2) is 42.7 Å². The smallest absolute Gasteiger partial charge is 0.296 e. The lowest BCUT2D eigenvalue weighted by molar-refractivity contribution is 0.238. The second-order valence-corrected chi connectivity index (χ2v) is 4.90. The number of hydrogen-bond acceptors (Lipinski definition) is 4. The van der Waals surface area contributed by atoms with Gasteiger partial charge in [-0.25, -0.2) is 4.68 Å². The zero-order valence-corrected chi connectivity index (χ0v) is 9.45. The number of aliphatic hydroxyl groups is 1. The van der Waals surface area contributed by atoms with E-state index in [9.17, 15) is 13.5 Å². The van der Waals surface area contributed by atoms with E-state index >= 15 is 0 Å². The van der Waals surface area contributed by atoms with Crippen molar-refractivity contribution in [2.45, 2.75) is 5.44 Å². The summed E-state index contributed by atoms with van der Waals surface area (Å²) < 4.78 is 31.6. The third-order valence-corrected chi connectivity index (χ3v) is 3.03.